The largest absolute Gasteiger partial charge is 0.323 e. The molecule has 142 valence electrons. The van der Waals surface area contributed by atoms with Gasteiger partial charge in [0.05, 0.1) is 9.82 Å². The highest BCUT2D eigenvalue weighted by atomic mass is 35.5. The first-order valence-electron chi connectivity index (χ1n) is 7.35. The Morgan fingerprint density at radius 2 is 1.81 bits per heavy atom. The fraction of sp³-hybridized carbons (Fsp3) is 0.250. The lowest BCUT2D eigenvalue weighted by Gasteiger charge is -2.22. The van der Waals surface area contributed by atoms with Gasteiger partial charge in [0.25, 0.3) is 5.69 Å². The van der Waals surface area contributed by atoms with Crippen LogP contribution in [0.3, 0.4) is 0 Å². The molecule has 0 amide bonds. The first-order chi connectivity index (χ1) is 11.6. The Labute approximate surface area is 163 Å². The highest BCUT2D eigenvalue weighted by molar-refractivity contribution is 7.89. The highest BCUT2D eigenvalue weighted by Gasteiger charge is 2.24. The van der Waals surface area contributed by atoms with Gasteiger partial charge >= 0.3 is 0 Å². The summed E-state index contributed by atoms with van der Waals surface area (Å²) in [5.41, 5.74) is 7.57. The predicted octanol–water partition coefficient (Wildman–Crippen LogP) is 3.30. The van der Waals surface area contributed by atoms with Crippen molar-refractivity contribution < 1.29 is 13.3 Å². The third kappa shape index (κ3) is 4.93. The molecule has 0 saturated heterocycles. The minimum Gasteiger partial charge on any atom is -0.323 e. The number of likely N-dealkylation sites (N-methyl/N-ethyl adjacent to an activating group) is 1. The maximum absolute atomic E-state index is 12.6. The van der Waals surface area contributed by atoms with E-state index >= 15 is 0 Å². The summed E-state index contributed by atoms with van der Waals surface area (Å²) in [6.45, 7) is 1.90. The standard InChI is InChI=1S/C16H18ClN3O4S.ClH/c1-11-9-12(3-8-15(11)17)16(18)10-19(2)25(23,24)14-6-4-13(5-7-14)20(21)22;/h3-9,16H,10,18H2,1-2H3;1H/t16-;/m1./s1. The van der Waals surface area contributed by atoms with Crippen molar-refractivity contribution in [3.63, 3.8) is 0 Å². The van der Waals surface area contributed by atoms with Crippen molar-refractivity contribution in [1.82, 2.24) is 4.31 Å². The number of aryl methyl sites for hydroxylation is 1. The van der Waals surface area contributed by atoms with E-state index in [4.69, 9.17) is 17.3 Å². The summed E-state index contributed by atoms with van der Waals surface area (Å²) in [7, 11) is -2.38. The molecule has 0 spiro atoms. The molecule has 0 heterocycles. The molecule has 26 heavy (non-hydrogen) atoms. The Kier molecular flexibility index (Phi) is 7.55. The van der Waals surface area contributed by atoms with Crippen molar-refractivity contribution in [3.8, 4) is 0 Å². The van der Waals surface area contributed by atoms with Crippen LogP contribution in [-0.2, 0) is 10.0 Å². The number of sulfonamides is 1. The van der Waals surface area contributed by atoms with Crippen LogP contribution >= 0.6 is 24.0 Å². The Hall–Kier alpha value is -1.71. The van der Waals surface area contributed by atoms with E-state index in [0.717, 1.165) is 27.6 Å². The minimum atomic E-state index is -3.80. The lowest BCUT2D eigenvalue weighted by Crippen LogP contribution is -2.34. The monoisotopic (exact) mass is 419 g/mol. The van der Waals surface area contributed by atoms with Gasteiger partial charge in [-0.1, -0.05) is 23.7 Å². The second-order valence-electron chi connectivity index (χ2n) is 5.65. The first kappa shape index (κ1) is 22.3. The van der Waals surface area contributed by atoms with E-state index in [0.29, 0.717) is 5.02 Å². The second-order valence-corrected chi connectivity index (χ2v) is 8.10. The molecule has 0 aromatic heterocycles. The molecule has 0 aliphatic heterocycles. The SMILES string of the molecule is Cc1cc([C@H](N)CN(C)S(=O)(=O)c2ccc([N+](=O)[O-])cc2)ccc1Cl.Cl. The van der Waals surface area contributed by atoms with Gasteiger partial charge in [-0.05, 0) is 36.2 Å². The van der Waals surface area contributed by atoms with Crippen LogP contribution in [0, 0.1) is 17.0 Å². The quantitative estimate of drug-likeness (QED) is 0.570. The number of nitro benzene ring substituents is 1. The molecule has 0 aliphatic rings. The van der Waals surface area contributed by atoms with E-state index in [9.17, 15) is 18.5 Å². The summed E-state index contributed by atoms with van der Waals surface area (Å²) in [5.74, 6) is 0. The Morgan fingerprint density at radius 3 is 2.31 bits per heavy atom. The van der Waals surface area contributed by atoms with Crippen LogP contribution in [0.5, 0.6) is 0 Å². The zero-order chi connectivity index (χ0) is 18.8. The van der Waals surface area contributed by atoms with Crippen LogP contribution in [0.4, 0.5) is 5.69 Å². The number of non-ortho nitro benzene ring substituents is 1. The van der Waals surface area contributed by atoms with E-state index in [1.807, 2.05) is 13.0 Å². The molecule has 0 bridgehead atoms. The van der Waals surface area contributed by atoms with Crippen molar-refractivity contribution in [2.75, 3.05) is 13.6 Å². The molecular weight excluding hydrogens is 401 g/mol. The minimum absolute atomic E-state index is 0. The van der Waals surface area contributed by atoms with Gasteiger partial charge in [-0.3, -0.25) is 10.1 Å². The van der Waals surface area contributed by atoms with Crippen LogP contribution in [-0.4, -0.2) is 31.2 Å². The average molecular weight is 420 g/mol. The van der Waals surface area contributed by atoms with Crippen LogP contribution in [0.15, 0.2) is 47.4 Å². The van der Waals surface area contributed by atoms with Crippen LogP contribution in [0.1, 0.15) is 17.2 Å². The van der Waals surface area contributed by atoms with Crippen molar-refractivity contribution in [1.29, 1.82) is 0 Å². The zero-order valence-corrected chi connectivity index (χ0v) is 16.5. The van der Waals surface area contributed by atoms with Crippen molar-refractivity contribution in [2.45, 2.75) is 17.9 Å². The van der Waals surface area contributed by atoms with Gasteiger partial charge in [0.15, 0.2) is 0 Å². The molecule has 10 heteroatoms. The highest BCUT2D eigenvalue weighted by Crippen LogP contribution is 2.23. The molecule has 2 aromatic rings. The Bertz CT molecular complexity index is 889. The molecule has 1 atom stereocenters. The third-order valence-electron chi connectivity index (χ3n) is 3.82. The topological polar surface area (TPSA) is 107 Å². The first-order valence-corrected chi connectivity index (χ1v) is 9.17. The maximum atomic E-state index is 12.6. The van der Waals surface area contributed by atoms with E-state index in [-0.39, 0.29) is 29.5 Å². The van der Waals surface area contributed by atoms with Crippen LogP contribution < -0.4 is 5.73 Å². The van der Waals surface area contributed by atoms with Crippen LogP contribution in [0.2, 0.25) is 5.02 Å². The maximum Gasteiger partial charge on any atom is 0.269 e. The molecular formula is C16H19Cl2N3O4S. The van der Waals surface area contributed by atoms with E-state index in [1.54, 1.807) is 12.1 Å². The number of nitrogens with zero attached hydrogens (tertiary/aromatic N) is 2. The van der Waals surface area contributed by atoms with Gasteiger partial charge in [-0.25, -0.2) is 8.42 Å². The fourth-order valence-corrected chi connectivity index (χ4v) is 3.61. The molecule has 2 aromatic carbocycles. The molecule has 0 saturated carbocycles. The summed E-state index contributed by atoms with van der Waals surface area (Å²) in [5, 5.41) is 11.3. The van der Waals surface area contributed by atoms with Crippen molar-refractivity contribution in [2.24, 2.45) is 5.73 Å². The number of hydrogen-bond donors (Lipinski definition) is 1. The lowest BCUT2D eigenvalue weighted by atomic mass is 10.1. The normalized spacial score (nSPS) is 12.5. The van der Waals surface area contributed by atoms with Crippen molar-refractivity contribution in [3.05, 3.63) is 68.7 Å². The number of nitro groups is 1. The second kappa shape index (κ2) is 8.79. The van der Waals surface area contributed by atoms with Gasteiger partial charge < -0.3 is 5.73 Å². The van der Waals surface area contributed by atoms with Gasteiger partial charge in [0, 0.05) is 36.8 Å². The molecule has 2 rings (SSSR count). The summed E-state index contributed by atoms with van der Waals surface area (Å²) >= 11 is 5.98. The van der Waals surface area contributed by atoms with Gasteiger partial charge in [0.1, 0.15) is 0 Å². The summed E-state index contributed by atoms with van der Waals surface area (Å²) < 4.78 is 26.3. The zero-order valence-electron chi connectivity index (χ0n) is 14.1. The van der Waals surface area contributed by atoms with E-state index in [2.05, 4.69) is 0 Å². The summed E-state index contributed by atoms with van der Waals surface area (Å²) in [6, 6.07) is 9.49. The van der Waals surface area contributed by atoms with Gasteiger partial charge in [0.2, 0.25) is 10.0 Å². The third-order valence-corrected chi connectivity index (χ3v) is 6.08. The van der Waals surface area contributed by atoms with Gasteiger partial charge in [-0.15, -0.1) is 12.4 Å². The number of nitrogens with two attached hydrogens (primary N) is 1. The van der Waals surface area contributed by atoms with Gasteiger partial charge in [-0.2, -0.15) is 4.31 Å². The number of halogens is 2. The Morgan fingerprint density at radius 1 is 1.23 bits per heavy atom. The number of hydrogen-bond acceptors (Lipinski definition) is 5. The fourth-order valence-electron chi connectivity index (χ4n) is 2.30. The molecule has 0 unspecified atom stereocenters. The Balaban J connectivity index is 0.00000338. The smallest absolute Gasteiger partial charge is 0.269 e. The molecule has 7 nitrogen and oxygen atoms in total. The summed E-state index contributed by atoms with van der Waals surface area (Å²) in [4.78, 5) is 10.1. The van der Waals surface area contributed by atoms with E-state index < -0.39 is 21.0 Å². The lowest BCUT2D eigenvalue weighted by molar-refractivity contribution is -0.384. The van der Waals surface area contributed by atoms with Crippen LogP contribution in [0.25, 0.3) is 0 Å². The summed E-state index contributed by atoms with van der Waals surface area (Å²) in [6.07, 6.45) is 0. The predicted molar refractivity (Wildman–Crippen MR) is 103 cm³/mol. The molecule has 2 N–H and O–H groups in total. The number of benzene rings is 2. The average Bonchev–Trinajstić information content (AvgIpc) is 2.57. The molecule has 0 fully saturated rings. The van der Waals surface area contributed by atoms with E-state index in [1.165, 1.54) is 19.2 Å². The number of rotatable bonds is 6. The molecule has 0 radical (unpaired) electrons. The molecule has 0 aliphatic carbocycles. The van der Waals surface area contributed by atoms with Crippen molar-refractivity contribution >= 4 is 39.7 Å².